The number of benzene rings is 2. The molecule has 0 bridgehead atoms. The molecule has 0 fully saturated rings. The van der Waals surface area contributed by atoms with Gasteiger partial charge in [0.2, 0.25) is 5.82 Å². The van der Waals surface area contributed by atoms with Crippen molar-refractivity contribution in [2.24, 2.45) is 7.05 Å². The lowest BCUT2D eigenvalue weighted by Crippen LogP contribution is -2.15. The normalized spacial score (nSPS) is 10.3. The molecular weight excluding hydrogens is 454 g/mol. The number of anilines is 1. The zero-order valence-corrected chi connectivity index (χ0v) is 17.6. The summed E-state index contributed by atoms with van der Waals surface area (Å²) in [6.07, 6.45) is -0.713. The highest BCUT2D eigenvalue weighted by molar-refractivity contribution is 5.84. The Bertz CT molecular complexity index is 1210. The van der Waals surface area contributed by atoms with Gasteiger partial charge in [-0.3, -0.25) is 15.4 Å². The smallest absolute Gasteiger partial charge is 0.439 e. The van der Waals surface area contributed by atoms with Gasteiger partial charge >= 0.3 is 18.1 Å². The number of non-ortho nitro benzene ring substituents is 1. The van der Waals surface area contributed by atoms with Crippen LogP contribution in [0.25, 0.3) is 0 Å². The molecule has 0 aliphatic carbocycles. The number of carbonyl (C=O) groups excluding carboxylic acids is 2. The molecule has 0 aliphatic heterocycles. The van der Waals surface area contributed by atoms with E-state index < -0.39 is 22.1 Å². The third kappa shape index (κ3) is 6.25. The van der Waals surface area contributed by atoms with Crippen molar-refractivity contribution in [2.75, 3.05) is 5.32 Å². The number of hydrogen-bond donors (Lipinski definition) is 1. The van der Waals surface area contributed by atoms with Gasteiger partial charge in [-0.25, -0.2) is 19.1 Å². The van der Waals surface area contributed by atoms with Crippen LogP contribution in [0, 0.1) is 20.2 Å². The Balaban J connectivity index is 1.43. The maximum Gasteiger partial charge on any atom is 0.514 e. The predicted molar refractivity (Wildman–Crippen MR) is 114 cm³/mol. The van der Waals surface area contributed by atoms with Crippen LogP contribution in [0.5, 0.6) is 5.75 Å². The van der Waals surface area contributed by atoms with Crippen molar-refractivity contribution in [1.82, 2.24) is 9.55 Å². The number of nitrogens with one attached hydrogen (secondary N) is 1. The zero-order chi connectivity index (χ0) is 24.7. The lowest BCUT2D eigenvalue weighted by molar-refractivity contribution is -0.391. The summed E-state index contributed by atoms with van der Waals surface area (Å²) >= 11 is 0. The van der Waals surface area contributed by atoms with E-state index in [0.717, 1.165) is 6.20 Å². The molecule has 1 amide bonds. The first-order valence-electron chi connectivity index (χ1n) is 9.49. The number of ether oxygens (including phenoxy) is 3. The highest BCUT2D eigenvalue weighted by Crippen LogP contribution is 2.18. The maximum absolute atomic E-state index is 11.9. The van der Waals surface area contributed by atoms with E-state index in [0.29, 0.717) is 11.3 Å². The second-order valence-corrected chi connectivity index (χ2v) is 6.64. The van der Waals surface area contributed by atoms with Crippen molar-refractivity contribution in [3.63, 3.8) is 0 Å². The fourth-order valence-corrected chi connectivity index (χ4v) is 2.61. The molecule has 1 heterocycles. The second kappa shape index (κ2) is 10.5. The molecule has 0 aliphatic rings. The van der Waals surface area contributed by atoms with Gasteiger partial charge in [0.05, 0.1) is 12.0 Å². The van der Waals surface area contributed by atoms with Gasteiger partial charge < -0.3 is 24.3 Å². The van der Waals surface area contributed by atoms with Crippen molar-refractivity contribution in [3.8, 4) is 5.75 Å². The van der Waals surface area contributed by atoms with Gasteiger partial charge in [-0.05, 0) is 34.8 Å². The standard InChI is InChI=1S/C20H17N5O9/c1-23-17(21-10-18(23)25(30)31)12-32-19(26)22-14-4-2-13(3-5-14)11-33-20(27)34-16-8-6-15(7-9-16)24(28)29/h2-10H,11-12H2,1H3,(H,22,26). The highest BCUT2D eigenvalue weighted by Gasteiger charge is 2.18. The van der Waals surface area contributed by atoms with E-state index in [1.165, 1.54) is 35.9 Å². The first-order chi connectivity index (χ1) is 16.2. The number of rotatable bonds is 8. The summed E-state index contributed by atoms with van der Waals surface area (Å²) in [5, 5.41) is 23.9. The summed E-state index contributed by atoms with van der Waals surface area (Å²) in [5.74, 6) is 0.0669. The molecular formula is C20H17N5O9. The first kappa shape index (κ1) is 23.6. The summed E-state index contributed by atoms with van der Waals surface area (Å²) in [4.78, 5) is 47.8. The maximum atomic E-state index is 11.9. The van der Waals surface area contributed by atoms with E-state index in [9.17, 15) is 29.8 Å². The lowest BCUT2D eigenvalue weighted by Gasteiger charge is -2.08. The number of carbonyl (C=O) groups is 2. The fourth-order valence-electron chi connectivity index (χ4n) is 2.61. The molecule has 0 radical (unpaired) electrons. The van der Waals surface area contributed by atoms with Crippen molar-refractivity contribution < 1.29 is 33.6 Å². The van der Waals surface area contributed by atoms with Gasteiger partial charge in [0.15, 0.2) is 6.61 Å². The lowest BCUT2D eigenvalue weighted by atomic mass is 10.2. The van der Waals surface area contributed by atoms with Crippen LogP contribution in [-0.2, 0) is 29.7 Å². The molecule has 3 aromatic rings. The van der Waals surface area contributed by atoms with Gasteiger partial charge in [-0.1, -0.05) is 12.1 Å². The number of aromatic nitrogens is 2. The highest BCUT2D eigenvalue weighted by atomic mass is 16.7. The van der Waals surface area contributed by atoms with Crippen LogP contribution in [0.1, 0.15) is 11.4 Å². The Morgan fingerprint density at radius 2 is 1.65 bits per heavy atom. The van der Waals surface area contributed by atoms with Crippen LogP contribution >= 0.6 is 0 Å². The zero-order valence-electron chi connectivity index (χ0n) is 17.6. The number of amides is 1. The molecule has 3 rings (SSSR count). The largest absolute Gasteiger partial charge is 0.514 e. The summed E-state index contributed by atoms with van der Waals surface area (Å²) < 4.78 is 16.1. The van der Waals surface area contributed by atoms with E-state index in [1.54, 1.807) is 24.3 Å². The van der Waals surface area contributed by atoms with Crippen LogP contribution in [0.15, 0.2) is 54.7 Å². The minimum atomic E-state index is -0.992. The van der Waals surface area contributed by atoms with Gasteiger partial charge in [-0.15, -0.1) is 0 Å². The molecule has 0 saturated heterocycles. The molecule has 14 nitrogen and oxygen atoms in total. The molecule has 1 aromatic heterocycles. The molecule has 0 unspecified atom stereocenters. The molecule has 14 heteroatoms. The Labute approximate surface area is 191 Å². The monoisotopic (exact) mass is 471 g/mol. The third-order valence-corrected chi connectivity index (χ3v) is 4.39. The SMILES string of the molecule is Cn1c([N+](=O)[O-])cnc1COC(=O)Nc1ccc(COC(=O)Oc2ccc([N+](=O)[O-])cc2)cc1. The van der Waals surface area contributed by atoms with Crippen molar-refractivity contribution >= 4 is 29.4 Å². The number of nitrogens with zero attached hydrogens (tertiary/aromatic N) is 4. The van der Waals surface area contributed by atoms with Gasteiger partial charge in [-0.2, -0.15) is 0 Å². The molecule has 176 valence electrons. The summed E-state index contributed by atoms with van der Waals surface area (Å²) in [5.41, 5.74) is 0.854. The van der Waals surface area contributed by atoms with Crippen LogP contribution < -0.4 is 10.1 Å². The number of imidazole rings is 1. The van der Waals surface area contributed by atoms with E-state index in [-0.39, 0.29) is 36.3 Å². The number of nitro groups is 2. The van der Waals surface area contributed by atoms with Crippen LogP contribution in [0.4, 0.5) is 26.8 Å². The Hall–Kier alpha value is -5.01. The van der Waals surface area contributed by atoms with Crippen LogP contribution in [-0.4, -0.2) is 31.6 Å². The van der Waals surface area contributed by atoms with E-state index in [2.05, 4.69) is 10.3 Å². The number of nitro benzene ring substituents is 1. The molecule has 2 aromatic carbocycles. The Kier molecular flexibility index (Phi) is 7.33. The van der Waals surface area contributed by atoms with E-state index >= 15 is 0 Å². The van der Waals surface area contributed by atoms with Crippen LogP contribution in [0.3, 0.4) is 0 Å². The molecule has 0 spiro atoms. The molecule has 0 atom stereocenters. The summed E-state index contributed by atoms with van der Waals surface area (Å²) in [6, 6.07) is 11.2. The first-order valence-corrected chi connectivity index (χ1v) is 9.49. The topological polar surface area (TPSA) is 178 Å². The molecule has 1 N–H and O–H groups in total. The fraction of sp³-hybridized carbons (Fsp3) is 0.150. The quantitative estimate of drug-likeness (QED) is 0.220. The minimum absolute atomic E-state index is 0.0915. The van der Waals surface area contributed by atoms with E-state index in [1.807, 2.05) is 0 Å². The average molecular weight is 471 g/mol. The Morgan fingerprint density at radius 1 is 0.971 bits per heavy atom. The Morgan fingerprint density at radius 3 is 2.24 bits per heavy atom. The third-order valence-electron chi connectivity index (χ3n) is 4.39. The van der Waals surface area contributed by atoms with E-state index in [4.69, 9.17) is 14.2 Å². The average Bonchev–Trinajstić information content (AvgIpc) is 3.18. The summed E-state index contributed by atoms with van der Waals surface area (Å²) in [7, 11) is 1.43. The van der Waals surface area contributed by atoms with Crippen LogP contribution in [0.2, 0.25) is 0 Å². The van der Waals surface area contributed by atoms with Crippen molar-refractivity contribution in [1.29, 1.82) is 0 Å². The second-order valence-electron chi connectivity index (χ2n) is 6.64. The predicted octanol–water partition coefficient (Wildman–Crippen LogP) is 3.70. The molecule has 0 saturated carbocycles. The van der Waals surface area contributed by atoms with Crippen molar-refractivity contribution in [2.45, 2.75) is 13.2 Å². The minimum Gasteiger partial charge on any atom is -0.439 e. The number of hydrogen-bond acceptors (Lipinski definition) is 10. The van der Waals surface area contributed by atoms with Gasteiger partial charge in [0.25, 0.3) is 5.69 Å². The van der Waals surface area contributed by atoms with Gasteiger partial charge in [0.1, 0.15) is 18.6 Å². The summed E-state index contributed by atoms with van der Waals surface area (Å²) in [6.45, 7) is -0.381. The van der Waals surface area contributed by atoms with Gasteiger partial charge in [0, 0.05) is 17.8 Å². The van der Waals surface area contributed by atoms with Crippen molar-refractivity contribution in [3.05, 3.63) is 86.3 Å². The molecule has 34 heavy (non-hydrogen) atoms.